The second-order valence-corrected chi connectivity index (χ2v) is 7.86. The fourth-order valence-corrected chi connectivity index (χ4v) is 3.90. The molecule has 0 saturated carbocycles. The van der Waals surface area contributed by atoms with Crippen molar-refractivity contribution in [3.05, 3.63) is 100 Å². The highest BCUT2D eigenvalue weighted by Gasteiger charge is 2.12. The zero-order chi connectivity index (χ0) is 20.1. The van der Waals surface area contributed by atoms with Crippen molar-refractivity contribution < 1.29 is 4.74 Å². The molecule has 0 bridgehead atoms. The summed E-state index contributed by atoms with van der Waals surface area (Å²) in [7, 11) is 0. The third-order valence-corrected chi connectivity index (χ3v) is 5.55. The van der Waals surface area contributed by atoms with Gasteiger partial charge in [-0.15, -0.1) is 0 Å². The van der Waals surface area contributed by atoms with E-state index in [0.29, 0.717) is 29.4 Å². The van der Waals surface area contributed by atoms with E-state index >= 15 is 0 Å². The van der Waals surface area contributed by atoms with Crippen LogP contribution in [0.15, 0.2) is 88.8 Å². The zero-order valence-electron chi connectivity index (χ0n) is 16.2. The first-order chi connectivity index (χ1) is 14.2. The fourth-order valence-electron chi connectivity index (χ4n) is 3.08. The molecule has 0 fully saturated rings. The van der Waals surface area contributed by atoms with E-state index in [0.717, 1.165) is 16.8 Å². The Morgan fingerprint density at radius 1 is 0.931 bits per heavy atom. The Labute approximate surface area is 174 Å². The summed E-state index contributed by atoms with van der Waals surface area (Å²) >= 11 is 1.54. The monoisotopic (exact) mass is 402 g/mol. The molecule has 1 heterocycles. The lowest BCUT2D eigenvalue weighted by molar-refractivity contribution is 0.344. The lowest BCUT2D eigenvalue weighted by Crippen LogP contribution is -2.24. The normalized spacial score (nSPS) is 10.9. The first kappa shape index (κ1) is 19.3. The third kappa shape index (κ3) is 4.69. The molecule has 4 rings (SSSR count). The Balaban J connectivity index is 1.58. The predicted octanol–water partition coefficient (Wildman–Crippen LogP) is 4.92. The number of thioether (sulfide) groups is 1. The van der Waals surface area contributed by atoms with E-state index in [1.807, 2.05) is 54.6 Å². The van der Waals surface area contributed by atoms with Crippen molar-refractivity contribution in [2.24, 2.45) is 0 Å². The maximum absolute atomic E-state index is 13.2. The minimum atomic E-state index is -0.0114. The SMILES string of the molecule is Cc1ccc(Cn2c(SCCOc3ccccc3)nc3ccccc3c2=O)cc1. The number of hydrogen-bond donors (Lipinski definition) is 0. The summed E-state index contributed by atoms with van der Waals surface area (Å²) < 4.78 is 7.54. The van der Waals surface area contributed by atoms with Crippen LogP contribution < -0.4 is 10.3 Å². The highest BCUT2D eigenvalue weighted by Crippen LogP contribution is 2.19. The molecule has 5 heteroatoms. The summed E-state index contributed by atoms with van der Waals surface area (Å²) in [5.41, 5.74) is 2.99. The number of aromatic nitrogens is 2. The number of nitrogens with zero attached hydrogens (tertiary/aromatic N) is 2. The molecular weight excluding hydrogens is 380 g/mol. The van der Waals surface area contributed by atoms with Gasteiger partial charge in [-0.1, -0.05) is 71.9 Å². The maximum Gasteiger partial charge on any atom is 0.262 e. The molecular formula is C24H22N2O2S. The van der Waals surface area contributed by atoms with Crippen LogP contribution in [-0.2, 0) is 6.54 Å². The van der Waals surface area contributed by atoms with Crippen LogP contribution in [0.5, 0.6) is 5.75 Å². The number of aryl methyl sites for hydroxylation is 1. The van der Waals surface area contributed by atoms with Gasteiger partial charge in [0.1, 0.15) is 5.75 Å². The minimum absolute atomic E-state index is 0.0114. The van der Waals surface area contributed by atoms with E-state index in [1.54, 1.807) is 16.3 Å². The van der Waals surface area contributed by atoms with Gasteiger partial charge in [-0.05, 0) is 36.8 Å². The summed E-state index contributed by atoms with van der Waals surface area (Å²) in [6, 6.07) is 25.5. The van der Waals surface area contributed by atoms with Crippen molar-refractivity contribution in [3.63, 3.8) is 0 Å². The Kier molecular flexibility index (Phi) is 5.96. The van der Waals surface area contributed by atoms with Gasteiger partial charge in [-0.3, -0.25) is 9.36 Å². The molecule has 0 amide bonds. The average molecular weight is 403 g/mol. The Morgan fingerprint density at radius 2 is 1.66 bits per heavy atom. The number of benzene rings is 3. The second kappa shape index (κ2) is 8.97. The van der Waals surface area contributed by atoms with Crippen molar-refractivity contribution >= 4 is 22.7 Å². The van der Waals surface area contributed by atoms with E-state index in [-0.39, 0.29) is 5.56 Å². The van der Waals surface area contributed by atoms with E-state index in [4.69, 9.17) is 9.72 Å². The second-order valence-electron chi connectivity index (χ2n) is 6.80. The first-order valence-electron chi connectivity index (χ1n) is 9.56. The molecule has 1 aromatic heterocycles. The van der Waals surface area contributed by atoms with Gasteiger partial charge in [0.2, 0.25) is 0 Å². The maximum atomic E-state index is 13.2. The standard InChI is InChI=1S/C24H22N2O2S/c1-18-11-13-19(14-12-18)17-26-23(27)21-9-5-6-10-22(21)25-24(26)29-16-15-28-20-7-3-2-4-8-20/h2-14H,15-17H2,1H3. The van der Waals surface area contributed by atoms with Crippen molar-refractivity contribution in [3.8, 4) is 5.75 Å². The molecule has 3 aromatic carbocycles. The summed E-state index contributed by atoms with van der Waals surface area (Å²) in [5, 5.41) is 1.36. The van der Waals surface area contributed by atoms with Crippen LogP contribution in [0.3, 0.4) is 0 Å². The summed E-state index contributed by atoms with van der Waals surface area (Å²) in [6.07, 6.45) is 0. The van der Waals surface area contributed by atoms with Crippen molar-refractivity contribution in [1.29, 1.82) is 0 Å². The highest BCUT2D eigenvalue weighted by molar-refractivity contribution is 7.99. The number of para-hydroxylation sites is 2. The van der Waals surface area contributed by atoms with Gasteiger partial charge in [0, 0.05) is 5.75 Å². The summed E-state index contributed by atoms with van der Waals surface area (Å²) in [4.78, 5) is 17.9. The lowest BCUT2D eigenvalue weighted by atomic mass is 10.1. The first-order valence-corrected chi connectivity index (χ1v) is 10.5. The summed E-state index contributed by atoms with van der Waals surface area (Å²) in [6.45, 7) is 3.10. The van der Waals surface area contributed by atoms with Crippen LogP contribution in [-0.4, -0.2) is 21.9 Å². The predicted molar refractivity (Wildman–Crippen MR) is 119 cm³/mol. The molecule has 0 N–H and O–H groups in total. The van der Waals surface area contributed by atoms with E-state index < -0.39 is 0 Å². The van der Waals surface area contributed by atoms with Crippen molar-refractivity contribution in [2.45, 2.75) is 18.6 Å². The molecule has 0 atom stereocenters. The molecule has 0 aliphatic heterocycles. The minimum Gasteiger partial charge on any atom is -0.493 e. The Bertz CT molecular complexity index is 1160. The Hall–Kier alpha value is -3.05. The molecule has 0 aliphatic rings. The van der Waals surface area contributed by atoms with Gasteiger partial charge >= 0.3 is 0 Å². The van der Waals surface area contributed by atoms with Crippen LogP contribution in [0.1, 0.15) is 11.1 Å². The molecule has 29 heavy (non-hydrogen) atoms. The Morgan fingerprint density at radius 3 is 2.45 bits per heavy atom. The van der Waals surface area contributed by atoms with E-state index in [2.05, 4.69) is 31.2 Å². The van der Waals surface area contributed by atoms with Gasteiger partial charge in [0.15, 0.2) is 5.16 Å². The lowest BCUT2D eigenvalue weighted by Gasteiger charge is -2.14. The van der Waals surface area contributed by atoms with Gasteiger partial charge in [-0.2, -0.15) is 0 Å². The van der Waals surface area contributed by atoms with Crippen molar-refractivity contribution in [2.75, 3.05) is 12.4 Å². The van der Waals surface area contributed by atoms with E-state index in [9.17, 15) is 4.79 Å². The molecule has 0 spiro atoms. The van der Waals surface area contributed by atoms with Gasteiger partial charge in [0.05, 0.1) is 24.1 Å². The van der Waals surface area contributed by atoms with Crippen molar-refractivity contribution in [1.82, 2.24) is 9.55 Å². The quantitative estimate of drug-likeness (QED) is 0.250. The number of fused-ring (bicyclic) bond motifs is 1. The smallest absolute Gasteiger partial charge is 0.262 e. The van der Waals surface area contributed by atoms with Crippen LogP contribution in [0.2, 0.25) is 0 Å². The van der Waals surface area contributed by atoms with E-state index in [1.165, 1.54) is 5.56 Å². The molecule has 4 aromatic rings. The fraction of sp³-hybridized carbons (Fsp3) is 0.167. The van der Waals surface area contributed by atoms with Gasteiger partial charge in [0.25, 0.3) is 5.56 Å². The molecule has 146 valence electrons. The van der Waals surface area contributed by atoms with Crippen LogP contribution >= 0.6 is 11.8 Å². The number of hydrogen-bond acceptors (Lipinski definition) is 4. The summed E-state index contributed by atoms with van der Waals surface area (Å²) in [5.74, 6) is 1.55. The zero-order valence-corrected chi connectivity index (χ0v) is 17.1. The van der Waals surface area contributed by atoms with Crippen LogP contribution in [0.4, 0.5) is 0 Å². The molecule has 0 unspecified atom stereocenters. The highest BCUT2D eigenvalue weighted by atomic mass is 32.2. The van der Waals surface area contributed by atoms with Crippen LogP contribution in [0, 0.1) is 6.92 Å². The topological polar surface area (TPSA) is 44.1 Å². The van der Waals surface area contributed by atoms with Crippen LogP contribution in [0.25, 0.3) is 10.9 Å². The number of ether oxygens (including phenoxy) is 1. The molecule has 0 radical (unpaired) electrons. The average Bonchev–Trinajstić information content (AvgIpc) is 2.76. The third-order valence-electron chi connectivity index (χ3n) is 4.61. The molecule has 0 aliphatic carbocycles. The molecule has 4 nitrogen and oxygen atoms in total. The van der Waals surface area contributed by atoms with Gasteiger partial charge < -0.3 is 4.74 Å². The molecule has 0 saturated heterocycles. The number of rotatable bonds is 7. The van der Waals surface area contributed by atoms with Gasteiger partial charge in [-0.25, -0.2) is 4.98 Å². The largest absolute Gasteiger partial charge is 0.493 e.